The summed E-state index contributed by atoms with van der Waals surface area (Å²) in [6.45, 7) is 6.53. The SMILES string of the molecule is CC/C=C\C(C(=O)NCc1ccc(CCCCCC)cc1)=C(/C)N. The molecule has 24 heavy (non-hydrogen) atoms. The van der Waals surface area contributed by atoms with Crippen molar-refractivity contribution in [3.05, 3.63) is 58.8 Å². The molecule has 0 aliphatic rings. The Hall–Kier alpha value is -2.03. The maximum atomic E-state index is 12.2. The van der Waals surface area contributed by atoms with Gasteiger partial charge in [-0.1, -0.05) is 69.5 Å². The molecule has 132 valence electrons. The maximum absolute atomic E-state index is 12.2. The molecule has 0 fully saturated rings. The number of carbonyl (C=O) groups excluding carboxylic acids is 1. The summed E-state index contributed by atoms with van der Waals surface area (Å²) in [7, 11) is 0. The highest BCUT2D eigenvalue weighted by Crippen LogP contribution is 2.10. The minimum atomic E-state index is -0.122. The van der Waals surface area contributed by atoms with E-state index in [1.165, 1.54) is 31.2 Å². The third-order valence-electron chi connectivity index (χ3n) is 3.98. The molecule has 3 nitrogen and oxygen atoms in total. The van der Waals surface area contributed by atoms with Gasteiger partial charge >= 0.3 is 0 Å². The van der Waals surface area contributed by atoms with Crippen molar-refractivity contribution in [2.24, 2.45) is 5.73 Å². The minimum absolute atomic E-state index is 0.122. The Morgan fingerprint density at radius 2 is 1.75 bits per heavy atom. The van der Waals surface area contributed by atoms with Gasteiger partial charge in [0.05, 0.1) is 5.57 Å². The second kappa shape index (κ2) is 11.5. The molecule has 3 heteroatoms. The summed E-state index contributed by atoms with van der Waals surface area (Å²) in [4.78, 5) is 12.2. The van der Waals surface area contributed by atoms with Crippen LogP contribution in [0.25, 0.3) is 0 Å². The number of nitrogens with one attached hydrogen (secondary N) is 1. The number of rotatable bonds is 10. The van der Waals surface area contributed by atoms with Crippen LogP contribution in [0.3, 0.4) is 0 Å². The molecule has 0 aliphatic heterocycles. The molecule has 0 saturated heterocycles. The lowest BCUT2D eigenvalue weighted by Gasteiger charge is -2.08. The van der Waals surface area contributed by atoms with Gasteiger partial charge in [-0.05, 0) is 37.3 Å². The second-order valence-corrected chi connectivity index (χ2v) is 6.22. The van der Waals surface area contributed by atoms with Crippen LogP contribution < -0.4 is 11.1 Å². The summed E-state index contributed by atoms with van der Waals surface area (Å²) in [6.07, 6.45) is 10.9. The number of unbranched alkanes of at least 4 members (excludes halogenated alkanes) is 3. The summed E-state index contributed by atoms with van der Waals surface area (Å²) in [5.74, 6) is -0.122. The van der Waals surface area contributed by atoms with Crippen molar-refractivity contribution in [1.82, 2.24) is 5.32 Å². The van der Waals surface area contributed by atoms with Gasteiger partial charge in [0.25, 0.3) is 5.91 Å². The van der Waals surface area contributed by atoms with Crippen LogP contribution in [0, 0.1) is 0 Å². The number of carbonyl (C=O) groups is 1. The summed E-state index contributed by atoms with van der Waals surface area (Å²) in [5.41, 5.74) is 9.36. The number of hydrogen-bond acceptors (Lipinski definition) is 2. The number of aryl methyl sites for hydroxylation is 1. The van der Waals surface area contributed by atoms with Crippen LogP contribution in [0.4, 0.5) is 0 Å². The molecule has 0 heterocycles. The van der Waals surface area contributed by atoms with E-state index in [0.717, 1.165) is 18.4 Å². The van der Waals surface area contributed by atoms with Crippen LogP contribution in [0.2, 0.25) is 0 Å². The molecular formula is C21H32N2O. The number of allylic oxidation sites excluding steroid dienone is 2. The fourth-order valence-corrected chi connectivity index (χ4v) is 2.48. The van der Waals surface area contributed by atoms with Gasteiger partial charge < -0.3 is 11.1 Å². The van der Waals surface area contributed by atoms with Crippen LogP contribution in [-0.4, -0.2) is 5.91 Å². The molecular weight excluding hydrogens is 296 g/mol. The van der Waals surface area contributed by atoms with E-state index < -0.39 is 0 Å². The first-order valence-corrected chi connectivity index (χ1v) is 9.07. The molecule has 1 rings (SSSR count). The van der Waals surface area contributed by atoms with E-state index in [2.05, 4.69) is 36.5 Å². The number of benzene rings is 1. The van der Waals surface area contributed by atoms with E-state index in [1.807, 2.05) is 13.0 Å². The van der Waals surface area contributed by atoms with Crippen LogP contribution in [0.15, 0.2) is 47.7 Å². The predicted octanol–water partition coefficient (Wildman–Crippen LogP) is 4.62. The fourth-order valence-electron chi connectivity index (χ4n) is 2.48. The first kappa shape index (κ1) is 20.0. The summed E-state index contributed by atoms with van der Waals surface area (Å²) in [6, 6.07) is 8.51. The standard InChI is InChI=1S/C21H32N2O/c1-4-6-8-9-10-18-12-14-19(15-13-18)16-23-21(24)20(17(3)22)11-7-5-2/h7,11-15H,4-6,8-10,16,22H2,1-3H3,(H,23,24)/b11-7-,20-17-. The van der Waals surface area contributed by atoms with Crippen LogP contribution in [0.1, 0.15) is 64.0 Å². The molecule has 1 aromatic carbocycles. The van der Waals surface area contributed by atoms with Crippen molar-refractivity contribution in [2.45, 2.75) is 65.8 Å². The highest BCUT2D eigenvalue weighted by atomic mass is 16.1. The van der Waals surface area contributed by atoms with Gasteiger partial charge in [-0.25, -0.2) is 0 Å². The van der Waals surface area contributed by atoms with E-state index in [-0.39, 0.29) is 5.91 Å². The molecule has 0 aromatic heterocycles. The summed E-state index contributed by atoms with van der Waals surface area (Å²) >= 11 is 0. The monoisotopic (exact) mass is 328 g/mol. The maximum Gasteiger partial charge on any atom is 0.253 e. The molecule has 1 aromatic rings. The van der Waals surface area contributed by atoms with Crippen LogP contribution in [0.5, 0.6) is 0 Å². The smallest absolute Gasteiger partial charge is 0.253 e. The van der Waals surface area contributed by atoms with Crippen molar-refractivity contribution in [3.8, 4) is 0 Å². The highest BCUT2D eigenvalue weighted by Gasteiger charge is 2.08. The molecule has 0 unspecified atom stereocenters. The topological polar surface area (TPSA) is 55.1 Å². The Bertz CT molecular complexity index is 552. The van der Waals surface area contributed by atoms with E-state index in [1.54, 1.807) is 13.0 Å². The van der Waals surface area contributed by atoms with Gasteiger partial charge in [0.1, 0.15) is 0 Å². The van der Waals surface area contributed by atoms with Gasteiger partial charge in [-0.2, -0.15) is 0 Å². The quantitative estimate of drug-likeness (QED) is 0.374. The third kappa shape index (κ3) is 7.49. The minimum Gasteiger partial charge on any atom is -0.402 e. The average molecular weight is 329 g/mol. The Morgan fingerprint density at radius 3 is 2.33 bits per heavy atom. The Balaban J connectivity index is 2.50. The molecule has 3 N–H and O–H groups in total. The fraction of sp³-hybridized carbons (Fsp3) is 0.476. The van der Waals surface area contributed by atoms with Crippen molar-refractivity contribution in [2.75, 3.05) is 0 Å². The predicted molar refractivity (Wildman–Crippen MR) is 102 cm³/mol. The number of hydrogen-bond donors (Lipinski definition) is 2. The van der Waals surface area contributed by atoms with Crippen LogP contribution in [-0.2, 0) is 17.8 Å². The van der Waals surface area contributed by atoms with Crippen molar-refractivity contribution < 1.29 is 4.79 Å². The first-order chi connectivity index (χ1) is 11.6. The largest absolute Gasteiger partial charge is 0.402 e. The van der Waals surface area contributed by atoms with Crippen molar-refractivity contribution in [1.29, 1.82) is 0 Å². The normalized spacial score (nSPS) is 12.3. The molecule has 0 atom stereocenters. The van der Waals surface area contributed by atoms with Gasteiger partial charge in [0.2, 0.25) is 0 Å². The Labute approximate surface area is 147 Å². The van der Waals surface area contributed by atoms with Crippen molar-refractivity contribution in [3.63, 3.8) is 0 Å². The van der Waals surface area contributed by atoms with E-state index in [0.29, 0.717) is 17.8 Å². The molecule has 0 aliphatic carbocycles. The number of amides is 1. The highest BCUT2D eigenvalue weighted by molar-refractivity contribution is 5.96. The van der Waals surface area contributed by atoms with E-state index in [9.17, 15) is 4.79 Å². The Kier molecular flexibility index (Phi) is 9.59. The zero-order valence-corrected chi connectivity index (χ0v) is 15.4. The Morgan fingerprint density at radius 1 is 1.08 bits per heavy atom. The zero-order valence-electron chi connectivity index (χ0n) is 15.4. The van der Waals surface area contributed by atoms with E-state index in [4.69, 9.17) is 5.73 Å². The lowest BCUT2D eigenvalue weighted by atomic mass is 10.0. The third-order valence-corrected chi connectivity index (χ3v) is 3.98. The molecule has 0 spiro atoms. The summed E-state index contributed by atoms with van der Waals surface area (Å²) in [5, 5.41) is 2.94. The number of nitrogens with two attached hydrogens (primary N) is 1. The summed E-state index contributed by atoms with van der Waals surface area (Å²) < 4.78 is 0. The van der Waals surface area contributed by atoms with Gasteiger partial charge in [-0.3, -0.25) is 4.79 Å². The van der Waals surface area contributed by atoms with Gasteiger partial charge in [0.15, 0.2) is 0 Å². The van der Waals surface area contributed by atoms with E-state index >= 15 is 0 Å². The lowest BCUT2D eigenvalue weighted by molar-refractivity contribution is -0.117. The van der Waals surface area contributed by atoms with Crippen LogP contribution >= 0.6 is 0 Å². The van der Waals surface area contributed by atoms with Gasteiger partial charge in [0, 0.05) is 12.2 Å². The average Bonchev–Trinajstić information content (AvgIpc) is 2.58. The molecule has 1 amide bonds. The van der Waals surface area contributed by atoms with Crippen molar-refractivity contribution >= 4 is 5.91 Å². The molecule has 0 radical (unpaired) electrons. The molecule has 0 bridgehead atoms. The first-order valence-electron chi connectivity index (χ1n) is 9.07. The van der Waals surface area contributed by atoms with Gasteiger partial charge in [-0.15, -0.1) is 0 Å². The lowest BCUT2D eigenvalue weighted by Crippen LogP contribution is -2.25. The second-order valence-electron chi connectivity index (χ2n) is 6.22. The zero-order chi connectivity index (χ0) is 17.8. The molecule has 0 saturated carbocycles.